The second kappa shape index (κ2) is 6.88. The number of pyridine rings is 1. The fourth-order valence-corrected chi connectivity index (χ4v) is 3.37. The van der Waals surface area contributed by atoms with Gasteiger partial charge in [0.15, 0.2) is 0 Å². The number of carbonyl (C=O) groups excluding carboxylic acids is 1. The molecule has 3 heterocycles. The number of anilines is 1. The Balaban J connectivity index is 1.81. The highest BCUT2D eigenvalue weighted by atomic mass is 16.5. The number of rotatable bonds is 5. The molecule has 8 nitrogen and oxygen atoms in total. The molecule has 3 aromatic rings. The Bertz CT molecular complexity index is 1010. The summed E-state index contributed by atoms with van der Waals surface area (Å²) in [5.74, 6) is 0.251. The number of primary amides is 1. The number of amides is 1. The number of aromatic nitrogens is 3. The van der Waals surface area contributed by atoms with Gasteiger partial charge >= 0.3 is 0 Å². The minimum absolute atomic E-state index is 0.00715. The molecule has 2 aromatic heterocycles. The van der Waals surface area contributed by atoms with Crippen LogP contribution in [-0.4, -0.2) is 40.5 Å². The minimum atomic E-state index is -0.599. The molecule has 1 aromatic carbocycles. The van der Waals surface area contributed by atoms with Gasteiger partial charge in [-0.1, -0.05) is 6.07 Å². The largest absolute Gasteiger partial charge is 0.478 e. The molecule has 0 aliphatic carbocycles. The third kappa shape index (κ3) is 3.08. The van der Waals surface area contributed by atoms with Crippen molar-refractivity contribution in [2.24, 2.45) is 5.73 Å². The number of fused-ring (bicyclic) bond motifs is 1. The first-order valence-electron chi connectivity index (χ1n) is 8.88. The first-order valence-corrected chi connectivity index (χ1v) is 8.88. The molecule has 1 unspecified atom stereocenters. The van der Waals surface area contributed by atoms with Gasteiger partial charge in [-0.15, -0.1) is 0 Å². The zero-order valence-corrected chi connectivity index (χ0v) is 15.0. The monoisotopic (exact) mass is 367 g/mol. The van der Waals surface area contributed by atoms with Crippen molar-refractivity contribution < 1.29 is 14.3 Å². The van der Waals surface area contributed by atoms with Crippen molar-refractivity contribution >= 4 is 22.6 Å². The van der Waals surface area contributed by atoms with E-state index in [0.29, 0.717) is 31.4 Å². The lowest BCUT2D eigenvalue weighted by Gasteiger charge is -2.10. The van der Waals surface area contributed by atoms with Crippen LogP contribution in [0.5, 0.6) is 5.88 Å². The van der Waals surface area contributed by atoms with Crippen molar-refractivity contribution in [3.05, 3.63) is 35.9 Å². The maximum absolute atomic E-state index is 12.1. The van der Waals surface area contributed by atoms with E-state index in [1.807, 2.05) is 37.3 Å². The number of nitrogens with zero attached hydrogens (tertiary/aromatic N) is 3. The van der Waals surface area contributed by atoms with Crippen LogP contribution < -0.4 is 16.2 Å². The van der Waals surface area contributed by atoms with E-state index in [1.54, 1.807) is 4.68 Å². The topological polar surface area (TPSA) is 118 Å². The van der Waals surface area contributed by atoms with Crippen molar-refractivity contribution in [1.29, 1.82) is 0 Å². The van der Waals surface area contributed by atoms with Gasteiger partial charge in [-0.2, -0.15) is 5.10 Å². The molecular weight excluding hydrogens is 346 g/mol. The zero-order chi connectivity index (χ0) is 19.0. The summed E-state index contributed by atoms with van der Waals surface area (Å²) >= 11 is 0. The van der Waals surface area contributed by atoms with E-state index >= 15 is 0 Å². The van der Waals surface area contributed by atoms with Crippen LogP contribution in [0.1, 0.15) is 29.7 Å². The van der Waals surface area contributed by atoms with Crippen LogP contribution in [0.2, 0.25) is 0 Å². The lowest BCUT2D eigenvalue weighted by Crippen LogP contribution is -2.16. The summed E-state index contributed by atoms with van der Waals surface area (Å²) < 4.78 is 12.5. The van der Waals surface area contributed by atoms with Gasteiger partial charge in [-0.25, -0.2) is 9.67 Å². The third-order valence-corrected chi connectivity index (χ3v) is 4.67. The number of carbonyl (C=O) groups is 1. The highest BCUT2D eigenvalue weighted by Gasteiger charge is 2.27. The zero-order valence-electron chi connectivity index (χ0n) is 15.0. The number of ether oxygens (including phenoxy) is 2. The van der Waals surface area contributed by atoms with Gasteiger partial charge in [0.25, 0.3) is 5.91 Å². The Kier molecular flexibility index (Phi) is 4.41. The van der Waals surface area contributed by atoms with Crippen LogP contribution in [0.4, 0.5) is 5.82 Å². The highest BCUT2D eigenvalue weighted by Crippen LogP contribution is 2.32. The first-order chi connectivity index (χ1) is 13.1. The van der Waals surface area contributed by atoms with Crippen molar-refractivity contribution in [2.75, 3.05) is 25.6 Å². The van der Waals surface area contributed by atoms with Crippen LogP contribution in [-0.2, 0) is 4.74 Å². The standard InChI is InChI=1S/C19H21N5O3/c1-2-27-15-6-4-11-9-12(3-5-14(11)22-15)17-16(19(21)25)18(20)24(23-17)13-7-8-26-10-13/h3-6,9,13H,2,7-8,10,20H2,1H3,(H2,21,25). The maximum Gasteiger partial charge on any atom is 0.254 e. The smallest absolute Gasteiger partial charge is 0.254 e. The van der Waals surface area contributed by atoms with Gasteiger partial charge in [-0.3, -0.25) is 4.79 Å². The van der Waals surface area contributed by atoms with E-state index in [4.69, 9.17) is 20.9 Å². The van der Waals surface area contributed by atoms with Gasteiger partial charge in [0.1, 0.15) is 17.1 Å². The van der Waals surface area contributed by atoms with E-state index in [1.165, 1.54) is 0 Å². The van der Waals surface area contributed by atoms with E-state index in [2.05, 4.69) is 10.1 Å². The van der Waals surface area contributed by atoms with Gasteiger partial charge in [0.05, 0.1) is 24.8 Å². The van der Waals surface area contributed by atoms with Crippen LogP contribution in [0.15, 0.2) is 30.3 Å². The van der Waals surface area contributed by atoms with Gasteiger partial charge in [0, 0.05) is 23.6 Å². The Hall–Kier alpha value is -3.13. The molecule has 0 saturated carbocycles. The molecule has 4 N–H and O–H groups in total. The molecule has 1 amide bonds. The quantitative estimate of drug-likeness (QED) is 0.713. The van der Waals surface area contributed by atoms with Crippen LogP contribution in [0.3, 0.4) is 0 Å². The molecule has 1 saturated heterocycles. The van der Waals surface area contributed by atoms with Crippen LogP contribution in [0.25, 0.3) is 22.2 Å². The van der Waals surface area contributed by atoms with E-state index in [-0.39, 0.29) is 17.4 Å². The van der Waals surface area contributed by atoms with Gasteiger partial charge in [0.2, 0.25) is 5.88 Å². The normalized spacial score (nSPS) is 16.7. The molecule has 0 bridgehead atoms. The van der Waals surface area contributed by atoms with Crippen LogP contribution in [0, 0.1) is 0 Å². The lowest BCUT2D eigenvalue weighted by atomic mass is 10.0. The third-order valence-electron chi connectivity index (χ3n) is 4.67. The first kappa shape index (κ1) is 17.3. The number of nitrogens with two attached hydrogens (primary N) is 2. The molecule has 0 spiro atoms. The van der Waals surface area contributed by atoms with E-state index in [9.17, 15) is 4.79 Å². The highest BCUT2D eigenvalue weighted by molar-refractivity contribution is 6.04. The summed E-state index contributed by atoms with van der Waals surface area (Å²) in [4.78, 5) is 16.5. The van der Waals surface area contributed by atoms with Crippen molar-refractivity contribution in [1.82, 2.24) is 14.8 Å². The molecule has 8 heteroatoms. The average molecular weight is 367 g/mol. The summed E-state index contributed by atoms with van der Waals surface area (Å²) in [6.45, 7) is 3.64. The Morgan fingerprint density at radius 2 is 2.22 bits per heavy atom. The predicted octanol–water partition coefficient (Wildman–Crippen LogP) is 2.14. The molecular formula is C19H21N5O3. The van der Waals surface area contributed by atoms with E-state index in [0.717, 1.165) is 22.9 Å². The molecule has 4 rings (SSSR count). The fourth-order valence-electron chi connectivity index (χ4n) is 3.37. The molecule has 140 valence electrons. The molecule has 1 aliphatic heterocycles. The second-order valence-electron chi connectivity index (χ2n) is 6.43. The fraction of sp³-hybridized carbons (Fsp3) is 0.316. The minimum Gasteiger partial charge on any atom is -0.478 e. The van der Waals surface area contributed by atoms with E-state index < -0.39 is 5.91 Å². The lowest BCUT2D eigenvalue weighted by molar-refractivity contribution is 0.100. The Labute approximate surface area is 156 Å². The molecule has 1 fully saturated rings. The summed E-state index contributed by atoms with van der Waals surface area (Å²) in [5, 5.41) is 5.51. The second-order valence-corrected chi connectivity index (χ2v) is 6.43. The number of nitrogen functional groups attached to an aromatic ring is 1. The SMILES string of the molecule is CCOc1ccc2cc(-c3nn(C4CCOC4)c(N)c3C(N)=O)ccc2n1. The Morgan fingerprint density at radius 1 is 1.37 bits per heavy atom. The van der Waals surface area contributed by atoms with Gasteiger partial charge in [-0.05, 0) is 31.5 Å². The number of hydrogen-bond donors (Lipinski definition) is 2. The summed E-state index contributed by atoms with van der Waals surface area (Å²) in [5.41, 5.74) is 14.1. The van der Waals surface area contributed by atoms with Gasteiger partial charge < -0.3 is 20.9 Å². The number of hydrogen-bond acceptors (Lipinski definition) is 6. The van der Waals surface area contributed by atoms with Crippen molar-refractivity contribution in [3.63, 3.8) is 0 Å². The summed E-state index contributed by atoms with van der Waals surface area (Å²) in [6.07, 6.45) is 0.797. The summed E-state index contributed by atoms with van der Waals surface area (Å²) in [6, 6.07) is 9.38. The molecule has 27 heavy (non-hydrogen) atoms. The van der Waals surface area contributed by atoms with Crippen molar-refractivity contribution in [2.45, 2.75) is 19.4 Å². The predicted molar refractivity (Wildman–Crippen MR) is 102 cm³/mol. The molecule has 0 radical (unpaired) electrons. The van der Waals surface area contributed by atoms with Crippen molar-refractivity contribution in [3.8, 4) is 17.1 Å². The summed E-state index contributed by atoms with van der Waals surface area (Å²) in [7, 11) is 0. The Morgan fingerprint density at radius 3 is 2.93 bits per heavy atom. The average Bonchev–Trinajstić information content (AvgIpc) is 3.29. The molecule has 1 aliphatic rings. The maximum atomic E-state index is 12.1. The number of benzene rings is 1. The van der Waals surface area contributed by atoms with Crippen LogP contribution >= 0.6 is 0 Å². The molecule has 1 atom stereocenters.